The van der Waals surface area contributed by atoms with Crippen molar-refractivity contribution in [3.05, 3.63) is 95.6 Å². The molecule has 2 fully saturated rings. The summed E-state index contributed by atoms with van der Waals surface area (Å²) in [4.78, 5) is 142. The molecule has 422 valence electrons. The fourth-order valence-electron chi connectivity index (χ4n) is 9.32. The summed E-state index contributed by atoms with van der Waals surface area (Å²) in [5, 5.41) is 56.7. The number of piperidine rings is 1. The van der Waals surface area contributed by atoms with Gasteiger partial charge in [-0.3, -0.25) is 38.4 Å². The van der Waals surface area contributed by atoms with Crippen LogP contribution in [0.1, 0.15) is 90.3 Å². The molecule has 0 spiro atoms. The lowest BCUT2D eigenvalue weighted by molar-refractivity contribution is -0.167. The number of aliphatic hydroxyl groups is 1. The maximum Gasteiger partial charge on any atom is 0.329 e. The van der Waals surface area contributed by atoms with Crippen molar-refractivity contribution in [2.75, 3.05) is 7.05 Å². The molecule has 3 aromatic rings. The summed E-state index contributed by atoms with van der Waals surface area (Å²) in [5.74, 6) is -10.9. The van der Waals surface area contributed by atoms with Crippen molar-refractivity contribution in [1.82, 2.24) is 41.7 Å². The summed E-state index contributed by atoms with van der Waals surface area (Å²) in [6.45, 7) is 9.15. The maximum absolute atomic E-state index is 14.8. The number of phenolic OH excluding ortho intramolecular Hbond substituents is 2. The van der Waals surface area contributed by atoms with E-state index in [4.69, 9.17) is 4.74 Å². The van der Waals surface area contributed by atoms with Crippen LogP contribution in [0.4, 0.5) is 0 Å². The van der Waals surface area contributed by atoms with Gasteiger partial charge in [-0.05, 0) is 79.0 Å². The molecule has 23 nitrogen and oxygen atoms in total. The van der Waals surface area contributed by atoms with Gasteiger partial charge in [-0.2, -0.15) is 0 Å². The van der Waals surface area contributed by atoms with E-state index in [-0.39, 0.29) is 43.6 Å². The van der Waals surface area contributed by atoms with Gasteiger partial charge in [-0.15, -0.1) is 0 Å². The molecular weight excluding hydrogens is 1010 g/mol. The van der Waals surface area contributed by atoms with Crippen LogP contribution < -0.4 is 31.9 Å². The van der Waals surface area contributed by atoms with Crippen LogP contribution in [-0.2, 0) is 71.9 Å². The Morgan fingerprint density at radius 3 is 1.92 bits per heavy atom. The highest BCUT2D eigenvalue weighted by atomic mass is 16.5. The standard InChI is InChI=1S/C55H72N8O15/c1-8-30(4)45-55(77)78-31(5)46(60-43(67)24-22-39(54(75)76)58-48(69)40(56-32(6)64)26-34-14-18-36(65)19-15-34)51(72)59-41(27-35-16-20-37(66)21-17-35)49(70)57-38-23-25-44(68)63(52(38)73)47(29(2)3)53(74)62(7)42(50(71)61-45)28-33-12-10-9-11-13-33/h9-21,29-31,38-42,44-47,65-66,68H,8,22-28H2,1-7H3,(H,56,64)(H,57,70)(H,58,69)(H,59,72)(H,60,67)(H,61,71)(H,75,76)/t30-,31+,38-,39-,40-,41-,42-,44+,45-,46-,47-/m0/s1. The van der Waals surface area contributed by atoms with E-state index in [0.29, 0.717) is 23.1 Å². The molecule has 0 unspecified atom stereocenters. The molecule has 2 heterocycles. The third-order valence-electron chi connectivity index (χ3n) is 14.0. The van der Waals surface area contributed by atoms with Crippen molar-refractivity contribution in [3.63, 3.8) is 0 Å². The van der Waals surface area contributed by atoms with E-state index in [9.17, 15) is 68.4 Å². The van der Waals surface area contributed by atoms with Gasteiger partial charge in [0.1, 0.15) is 72.2 Å². The lowest BCUT2D eigenvalue weighted by atomic mass is 9.93. The van der Waals surface area contributed by atoms with Crippen molar-refractivity contribution in [2.24, 2.45) is 11.8 Å². The molecule has 2 saturated heterocycles. The molecule has 5 rings (SSSR count). The topological polar surface area (TPSA) is 340 Å². The van der Waals surface area contributed by atoms with Crippen LogP contribution in [0, 0.1) is 11.8 Å². The SMILES string of the molecule is CC[C@H](C)[C@@H]1NC(=O)[C@H](Cc2ccccc2)N(C)C(=O)[C@H](C(C)C)N2C(=O)[C@H](CC[C@H]2O)NC(=O)[C@H](Cc2ccc(O)cc2)NC(=O)[C@@H](NC(=O)CC[C@H](NC(=O)[C@H](Cc2ccc(O)cc2)NC(C)=O)C(=O)O)[C@@H](C)OC1=O. The van der Waals surface area contributed by atoms with Gasteiger partial charge in [0, 0.05) is 39.7 Å². The first-order valence-corrected chi connectivity index (χ1v) is 26.0. The average Bonchev–Trinajstić information content (AvgIpc) is 3.40. The van der Waals surface area contributed by atoms with E-state index in [1.54, 1.807) is 58.0 Å². The minimum absolute atomic E-state index is 0.0494. The predicted octanol–water partition coefficient (Wildman–Crippen LogP) is 0.703. The minimum Gasteiger partial charge on any atom is -0.508 e. The first-order chi connectivity index (χ1) is 36.9. The quantitative estimate of drug-likeness (QED) is 0.0833. The summed E-state index contributed by atoms with van der Waals surface area (Å²) < 4.78 is 5.92. The molecule has 0 aromatic heterocycles. The number of fused-ring (bicyclic) bond motifs is 2. The van der Waals surface area contributed by atoms with Crippen molar-refractivity contribution in [3.8, 4) is 11.5 Å². The van der Waals surface area contributed by atoms with Gasteiger partial charge >= 0.3 is 11.9 Å². The number of nitrogens with zero attached hydrogens (tertiary/aromatic N) is 2. The van der Waals surface area contributed by atoms with Crippen LogP contribution in [-0.4, -0.2) is 157 Å². The number of aromatic hydroxyl groups is 2. The third kappa shape index (κ3) is 16.5. The third-order valence-corrected chi connectivity index (χ3v) is 14.0. The molecule has 10 N–H and O–H groups in total. The molecule has 8 amide bonds. The number of aliphatic carboxylic acids is 1. The van der Waals surface area contributed by atoms with Gasteiger partial charge in [0.25, 0.3) is 0 Å². The number of nitrogens with one attached hydrogen (secondary N) is 6. The normalized spacial score (nSPS) is 23.9. The number of carbonyl (C=O) groups is 10. The largest absolute Gasteiger partial charge is 0.508 e. The Kier molecular flexibility index (Phi) is 21.7. The van der Waals surface area contributed by atoms with Crippen LogP contribution in [0.3, 0.4) is 0 Å². The van der Waals surface area contributed by atoms with Crippen LogP contribution in [0.2, 0.25) is 0 Å². The highest BCUT2D eigenvalue weighted by Gasteiger charge is 2.47. The minimum atomic E-state index is -1.84. The summed E-state index contributed by atoms with van der Waals surface area (Å²) >= 11 is 0. The molecule has 11 atom stereocenters. The number of carbonyl (C=O) groups excluding carboxylic acids is 9. The van der Waals surface area contributed by atoms with Gasteiger partial charge < -0.3 is 66.9 Å². The zero-order chi connectivity index (χ0) is 57.5. The Bertz CT molecular complexity index is 2640. The Balaban J connectivity index is 1.53. The van der Waals surface area contributed by atoms with E-state index in [1.807, 2.05) is 0 Å². The molecule has 23 heteroatoms. The molecule has 2 aliphatic rings. The van der Waals surface area contributed by atoms with Gasteiger partial charge in [0.05, 0.1) is 0 Å². The summed E-state index contributed by atoms with van der Waals surface area (Å²) in [7, 11) is 1.37. The van der Waals surface area contributed by atoms with E-state index in [0.717, 1.165) is 16.7 Å². The number of hydrogen-bond acceptors (Lipinski definition) is 14. The second kappa shape index (κ2) is 27.8. The summed E-state index contributed by atoms with van der Waals surface area (Å²) in [6, 6.07) is 8.27. The number of benzene rings is 3. The van der Waals surface area contributed by atoms with Gasteiger partial charge in [0.2, 0.25) is 47.3 Å². The van der Waals surface area contributed by atoms with E-state index in [2.05, 4.69) is 31.9 Å². The monoisotopic (exact) mass is 1080 g/mol. The van der Waals surface area contributed by atoms with Crippen LogP contribution in [0.25, 0.3) is 0 Å². The number of amides is 8. The maximum atomic E-state index is 14.8. The zero-order valence-corrected chi connectivity index (χ0v) is 44.8. The van der Waals surface area contributed by atoms with Gasteiger partial charge in [-0.25, -0.2) is 9.59 Å². The molecule has 0 radical (unpaired) electrons. The summed E-state index contributed by atoms with van der Waals surface area (Å²) in [5.41, 5.74) is 1.56. The second-order valence-electron chi connectivity index (χ2n) is 20.3. The lowest BCUT2D eigenvalue weighted by Crippen LogP contribution is -2.66. The Hall–Kier alpha value is -8.08. The van der Waals surface area contributed by atoms with Gasteiger partial charge in [-0.1, -0.05) is 88.7 Å². The van der Waals surface area contributed by atoms with Crippen LogP contribution in [0.5, 0.6) is 11.5 Å². The molecule has 0 aliphatic carbocycles. The van der Waals surface area contributed by atoms with Crippen molar-refractivity contribution in [1.29, 1.82) is 0 Å². The average molecular weight is 1090 g/mol. The smallest absolute Gasteiger partial charge is 0.329 e. The molecular formula is C55H72N8O15. The number of phenols is 2. The molecule has 2 bridgehead atoms. The van der Waals surface area contributed by atoms with Crippen LogP contribution >= 0.6 is 0 Å². The number of cyclic esters (lactones) is 1. The first-order valence-electron chi connectivity index (χ1n) is 26.0. The number of ether oxygens (including phenoxy) is 1. The number of aliphatic hydroxyl groups excluding tert-OH is 1. The fourth-order valence-corrected chi connectivity index (χ4v) is 9.32. The summed E-state index contributed by atoms with van der Waals surface area (Å²) in [6.07, 6.45) is -4.62. The van der Waals surface area contributed by atoms with Gasteiger partial charge in [0.15, 0.2) is 0 Å². The predicted molar refractivity (Wildman–Crippen MR) is 280 cm³/mol. The molecule has 0 saturated carbocycles. The van der Waals surface area contributed by atoms with Crippen molar-refractivity contribution in [2.45, 2.75) is 154 Å². The number of likely N-dealkylation sites (N-methyl/N-ethyl adjacent to an activating group) is 1. The van der Waals surface area contributed by atoms with Crippen molar-refractivity contribution >= 4 is 59.2 Å². The molecule has 3 aromatic carbocycles. The van der Waals surface area contributed by atoms with E-state index >= 15 is 0 Å². The Morgan fingerprint density at radius 2 is 1.35 bits per heavy atom. The van der Waals surface area contributed by atoms with Crippen molar-refractivity contribution < 1.29 is 73.1 Å². The second-order valence-corrected chi connectivity index (χ2v) is 20.3. The fraction of sp³-hybridized carbons (Fsp3) is 0.491. The molecule has 78 heavy (non-hydrogen) atoms. The number of carboxylic acids is 1. The number of rotatable bonds is 17. The zero-order valence-electron chi connectivity index (χ0n) is 44.8. The number of hydrogen-bond donors (Lipinski definition) is 10. The van der Waals surface area contributed by atoms with E-state index < -0.39 is 145 Å². The Labute approximate surface area is 452 Å². The Morgan fingerprint density at radius 1 is 0.744 bits per heavy atom. The number of esters is 1. The highest BCUT2D eigenvalue weighted by molar-refractivity contribution is 5.98. The lowest BCUT2D eigenvalue weighted by Gasteiger charge is -2.44. The van der Waals surface area contributed by atoms with Crippen LogP contribution in [0.15, 0.2) is 78.9 Å². The number of carboxylic acid groups (broad SMARTS) is 1. The van der Waals surface area contributed by atoms with E-state index in [1.165, 1.54) is 62.5 Å². The first kappa shape index (κ1) is 60.8. The molecule has 2 aliphatic heterocycles. The highest BCUT2D eigenvalue weighted by Crippen LogP contribution is 2.27.